The zero-order chi connectivity index (χ0) is 13.7. The van der Waals surface area contributed by atoms with Crippen LogP contribution >= 0.6 is 31.9 Å². The summed E-state index contributed by atoms with van der Waals surface area (Å²) in [5.41, 5.74) is 2.37. The molecule has 19 heavy (non-hydrogen) atoms. The van der Waals surface area contributed by atoms with Crippen molar-refractivity contribution in [3.8, 4) is 0 Å². The number of hydrogen-bond donors (Lipinski definition) is 1. The Kier molecular flexibility index (Phi) is 5.55. The second-order valence-corrected chi connectivity index (χ2v) is 6.33. The number of benzene rings is 1. The molecule has 0 bridgehead atoms. The molecule has 2 aromatic rings. The van der Waals surface area contributed by atoms with E-state index in [4.69, 9.17) is 0 Å². The number of nitrogens with zero attached hydrogens (tertiary/aromatic N) is 1. The van der Waals surface area contributed by atoms with Gasteiger partial charge in [0.15, 0.2) is 0 Å². The summed E-state index contributed by atoms with van der Waals surface area (Å²) in [7, 11) is 0. The van der Waals surface area contributed by atoms with E-state index in [1.807, 2.05) is 24.4 Å². The summed E-state index contributed by atoms with van der Waals surface area (Å²) >= 11 is 6.97. The fourth-order valence-corrected chi connectivity index (χ4v) is 2.94. The number of aliphatic hydroxyl groups is 1. The van der Waals surface area contributed by atoms with Crippen LogP contribution in [0.15, 0.2) is 51.7 Å². The highest BCUT2D eigenvalue weighted by molar-refractivity contribution is 9.10. The zero-order valence-corrected chi connectivity index (χ0v) is 13.6. The lowest BCUT2D eigenvalue weighted by Crippen LogP contribution is -2.13. The quantitative estimate of drug-likeness (QED) is 0.844. The molecular formula is C15H15Br2NO. The molecule has 0 aliphatic rings. The van der Waals surface area contributed by atoms with Crippen molar-refractivity contribution in [2.75, 3.05) is 6.61 Å². The van der Waals surface area contributed by atoms with Crippen LogP contribution in [0.4, 0.5) is 0 Å². The molecule has 1 aromatic heterocycles. The molecule has 0 fully saturated rings. The van der Waals surface area contributed by atoms with Gasteiger partial charge in [-0.25, -0.2) is 0 Å². The molecule has 0 aliphatic carbocycles. The minimum atomic E-state index is 0.174. The molecular weight excluding hydrogens is 370 g/mol. The Hall–Kier alpha value is -0.710. The average molecular weight is 385 g/mol. The van der Waals surface area contributed by atoms with E-state index < -0.39 is 0 Å². The van der Waals surface area contributed by atoms with Crippen LogP contribution < -0.4 is 0 Å². The Morgan fingerprint density at radius 3 is 2.58 bits per heavy atom. The van der Waals surface area contributed by atoms with Gasteiger partial charge in [0.2, 0.25) is 0 Å². The predicted molar refractivity (Wildman–Crippen MR) is 84.1 cm³/mol. The number of hydrogen-bond acceptors (Lipinski definition) is 2. The van der Waals surface area contributed by atoms with Gasteiger partial charge in [-0.2, -0.15) is 0 Å². The third-order valence-corrected chi connectivity index (χ3v) is 4.22. The SMILES string of the molecule is OCC(Cc1cncc(Br)c1)Cc1ccccc1Br. The number of halogens is 2. The third kappa shape index (κ3) is 4.41. The summed E-state index contributed by atoms with van der Waals surface area (Å²) in [4.78, 5) is 4.16. The second-order valence-electron chi connectivity index (χ2n) is 4.56. The van der Waals surface area contributed by atoms with E-state index in [2.05, 4.69) is 49.0 Å². The summed E-state index contributed by atoms with van der Waals surface area (Å²) in [5, 5.41) is 9.56. The lowest BCUT2D eigenvalue weighted by atomic mass is 9.94. The molecule has 1 unspecified atom stereocenters. The Balaban J connectivity index is 2.07. The van der Waals surface area contributed by atoms with Crippen LogP contribution in [0.3, 0.4) is 0 Å². The van der Waals surface area contributed by atoms with Gasteiger partial charge >= 0.3 is 0 Å². The molecule has 4 heteroatoms. The molecule has 2 nitrogen and oxygen atoms in total. The second kappa shape index (κ2) is 7.17. The topological polar surface area (TPSA) is 33.1 Å². The molecule has 1 atom stereocenters. The summed E-state index contributed by atoms with van der Waals surface area (Å²) in [6, 6.07) is 10.2. The van der Waals surface area contributed by atoms with E-state index in [1.54, 1.807) is 6.20 Å². The number of rotatable bonds is 5. The van der Waals surface area contributed by atoms with Crippen LogP contribution in [0, 0.1) is 5.92 Å². The van der Waals surface area contributed by atoms with Crippen LogP contribution in [0.5, 0.6) is 0 Å². The van der Waals surface area contributed by atoms with Gasteiger partial charge in [0.1, 0.15) is 0 Å². The van der Waals surface area contributed by atoms with E-state index >= 15 is 0 Å². The highest BCUT2D eigenvalue weighted by Gasteiger charge is 2.12. The monoisotopic (exact) mass is 383 g/mol. The van der Waals surface area contributed by atoms with Crippen LogP contribution in [-0.2, 0) is 12.8 Å². The van der Waals surface area contributed by atoms with Crippen molar-refractivity contribution in [2.24, 2.45) is 5.92 Å². The zero-order valence-electron chi connectivity index (χ0n) is 10.4. The maximum Gasteiger partial charge on any atom is 0.0465 e. The van der Waals surface area contributed by atoms with Crippen molar-refractivity contribution in [1.82, 2.24) is 4.98 Å². The Morgan fingerprint density at radius 1 is 1.11 bits per heavy atom. The first-order chi connectivity index (χ1) is 9.19. The van der Waals surface area contributed by atoms with Crippen molar-refractivity contribution < 1.29 is 5.11 Å². The first-order valence-electron chi connectivity index (χ1n) is 6.12. The van der Waals surface area contributed by atoms with Crippen molar-refractivity contribution in [1.29, 1.82) is 0 Å². The molecule has 0 spiro atoms. The first-order valence-corrected chi connectivity index (χ1v) is 7.71. The summed E-state index contributed by atoms with van der Waals surface area (Å²) in [5.74, 6) is 0.204. The van der Waals surface area contributed by atoms with Crippen molar-refractivity contribution in [3.63, 3.8) is 0 Å². The van der Waals surface area contributed by atoms with Gasteiger partial charge < -0.3 is 5.11 Å². The van der Waals surface area contributed by atoms with E-state index in [1.165, 1.54) is 5.56 Å². The van der Waals surface area contributed by atoms with Gasteiger partial charge in [-0.3, -0.25) is 4.98 Å². The smallest absolute Gasteiger partial charge is 0.0465 e. The summed E-state index contributed by atoms with van der Waals surface area (Å²) in [6.45, 7) is 0.174. The summed E-state index contributed by atoms with van der Waals surface area (Å²) < 4.78 is 2.07. The molecule has 1 aromatic carbocycles. The van der Waals surface area contributed by atoms with E-state index in [-0.39, 0.29) is 12.5 Å². The van der Waals surface area contributed by atoms with Crippen LogP contribution in [0.1, 0.15) is 11.1 Å². The lowest BCUT2D eigenvalue weighted by molar-refractivity contribution is 0.224. The molecule has 2 rings (SSSR count). The van der Waals surface area contributed by atoms with Crippen molar-refractivity contribution in [2.45, 2.75) is 12.8 Å². The Labute approximate surface area is 130 Å². The lowest BCUT2D eigenvalue weighted by Gasteiger charge is -2.15. The number of aliphatic hydroxyl groups excluding tert-OH is 1. The maximum absolute atomic E-state index is 9.56. The van der Waals surface area contributed by atoms with Gasteiger partial charge in [0, 0.05) is 27.9 Å². The highest BCUT2D eigenvalue weighted by Crippen LogP contribution is 2.22. The number of aromatic nitrogens is 1. The van der Waals surface area contributed by atoms with Crippen LogP contribution in [0.2, 0.25) is 0 Å². The fourth-order valence-electron chi connectivity index (χ4n) is 2.08. The highest BCUT2D eigenvalue weighted by atomic mass is 79.9. The molecule has 1 N–H and O–H groups in total. The largest absolute Gasteiger partial charge is 0.396 e. The average Bonchev–Trinajstić information content (AvgIpc) is 2.40. The molecule has 0 aliphatic heterocycles. The molecule has 100 valence electrons. The standard InChI is InChI=1S/C15H15Br2NO/c16-14-7-11(8-18-9-14)5-12(10-19)6-13-3-1-2-4-15(13)17/h1-4,7-9,12,19H,5-6,10H2. The fraction of sp³-hybridized carbons (Fsp3) is 0.267. The van der Waals surface area contributed by atoms with Gasteiger partial charge in [-0.05, 0) is 57.9 Å². The molecule has 0 amide bonds. The minimum Gasteiger partial charge on any atom is -0.396 e. The normalized spacial score (nSPS) is 12.4. The molecule has 0 radical (unpaired) electrons. The minimum absolute atomic E-state index is 0.174. The van der Waals surface area contributed by atoms with Crippen molar-refractivity contribution >= 4 is 31.9 Å². The molecule has 0 saturated carbocycles. The Morgan fingerprint density at radius 2 is 1.89 bits per heavy atom. The predicted octanol–water partition coefficient (Wildman–Crippen LogP) is 4.00. The third-order valence-electron chi connectivity index (χ3n) is 3.01. The van der Waals surface area contributed by atoms with Gasteiger partial charge in [0.25, 0.3) is 0 Å². The maximum atomic E-state index is 9.56. The van der Waals surface area contributed by atoms with E-state index in [0.717, 1.165) is 27.4 Å². The van der Waals surface area contributed by atoms with E-state index in [0.29, 0.717) is 0 Å². The van der Waals surface area contributed by atoms with E-state index in [9.17, 15) is 5.11 Å². The van der Waals surface area contributed by atoms with Crippen molar-refractivity contribution in [3.05, 3.63) is 62.8 Å². The number of pyridine rings is 1. The van der Waals surface area contributed by atoms with Gasteiger partial charge in [-0.15, -0.1) is 0 Å². The van der Waals surface area contributed by atoms with Gasteiger partial charge in [-0.1, -0.05) is 34.1 Å². The molecule has 0 saturated heterocycles. The Bertz CT molecular complexity index is 545. The molecule has 1 heterocycles. The summed E-state index contributed by atoms with van der Waals surface area (Å²) in [6.07, 6.45) is 5.30. The van der Waals surface area contributed by atoms with Crippen LogP contribution in [-0.4, -0.2) is 16.7 Å². The van der Waals surface area contributed by atoms with Gasteiger partial charge in [0.05, 0.1) is 0 Å². The first kappa shape index (κ1) is 14.7. The van der Waals surface area contributed by atoms with Crippen LogP contribution in [0.25, 0.3) is 0 Å².